The fraction of sp³-hybridized carbons (Fsp3) is 0.0909. The minimum absolute atomic E-state index is 0.0518. The van der Waals surface area contributed by atoms with Gasteiger partial charge in [0.25, 0.3) is 0 Å². The quantitative estimate of drug-likeness (QED) is 0.860. The van der Waals surface area contributed by atoms with Gasteiger partial charge in [-0.2, -0.15) is 0 Å². The highest BCUT2D eigenvalue weighted by molar-refractivity contribution is 6.34. The van der Waals surface area contributed by atoms with E-state index in [1.807, 2.05) is 0 Å². The molecule has 1 heterocycles. The van der Waals surface area contributed by atoms with Gasteiger partial charge in [-0.15, -0.1) is 0 Å². The first-order valence-corrected chi connectivity index (χ1v) is 5.07. The molecule has 0 atom stereocenters. The van der Waals surface area contributed by atoms with Crippen molar-refractivity contribution in [2.75, 3.05) is 0 Å². The summed E-state index contributed by atoms with van der Waals surface area (Å²) in [5.41, 5.74) is 1.31. The number of aromatic hydroxyl groups is 1. The molecule has 88 valence electrons. The molecule has 0 fully saturated rings. The molecule has 5 nitrogen and oxygen atoms in total. The van der Waals surface area contributed by atoms with Crippen LogP contribution in [0.4, 0.5) is 0 Å². The van der Waals surface area contributed by atoms with E-state index in [1.54, 1.807) is 19.1 Å². The van der Waals surface area contributed by atoms with Crippen molar-refractivity contribution in [2.24, 2.45) is 0 Å². The third kappa shape index (κ3) is 1.97. The minimum Gasteiger partial charge on any atom is -0.506 e. The van der Waals surface area contributed by atoms with Gasteiger partial charge in [0.1, 0.15) is 11.4 Å². The number of carbonyl (C=O) groups is 1. The smallest absolute Gasteiger partial charge is 0.374 e. The monoisotopic (exact) mass is 253 g/mol. The molecule has 0 bridgehead atoms. The molecular formula is C11H8ClNO4. The fourth-order valence-electron chi connectivity index (χ4n) is 1.36. The van der Waals surface area contributed by atoms with E-state index in [0.29, 0.717) is 11.1 Å². The Labute approximate surface area is 101 Å². The first-order valence-electron chi connectivity index (χ1n) is 4.69. The second-order valence-electron chi connectivity index (χ2n) is 3.47. The summed E-state index contributed by atoms with van der Waals surface area (Å²) in [5.74, 6) is -1.55. The molecule has 0 spiro atoms. The van der Waals surface area contributed by atoms with Gasteiger partial charge in [0.2, 0.25) is 5.76 Å². The summed E-state index contributed by atoms with van der Waals surface area (Å²) in [4.78, 5) is 10.6. The zero-order chi connectivity index (χ0) is 12.6. The van der Waals surface area contributed by atoms with Crippen LogP contribution in [0, 0.1) is 6.92 Å². The summed E-state index contributed by atoms with van der Waals surface area (Å²) in [5, 5.41) is 22.1. The SMILES string of the molecule is Cc1ccc(-c2cc(C(=O)O)on2)c(Cl)c1O. The van der Waals surface area contributed by atoms with Gasteiger partial charge in [0.05, 0.1) is 5.02 Å². The Morgan fingerprint density at radius 2 is 2.18 bits per heavy atom. The van der Waals surface area contributed by atoms with Crippen LogP contribution in [0.25, 0.3) is 11.3 Å². The molecule has 0 radical (unpaired) electrons. The van der Waals surface area contributed by atoms with Crippen LogP contribution in [0.3, 0.4) is 0 Å². The molecule has 2 aromatic rings. The summed E-state index contributed by atoms with van der Waals surface area (Å²) >= 11 is 5.94. The summed E-state index contributed by atoms with van der Waals surface area (Å²) in [6.45, 7) is 1.70. The molecule has 6 heteroatoms. The van der Waals surface area contributed by atoms with Gasteiger partial charge < -0.3 is 14.7 Å². The number of rotatable bonds is 2. The van der Waals surface area contributed by atoms with Gasteiger partial charge in [-0.1, -0.05) is 28.9 Å². The van der Waals surface area contributed by atoms with Crippen molar-refractivity contribution >= 4 is 17.6 Å². The topological polar surface area (TPSA) is 83.6 Å². The molecule has 2 N–H and O–H groups in total. The third-order valence-electron chi connectivity index (χ3n) is 2.31. The lowest BCUT2D eigenvalue weighted by Crippen LogP contribution is -1.91. The Morgan fingerprint density at radius 1 is 1.47 bits per heavy atom. The second kappa shape index (κ2) is 4.10. The van der Waals surface area contributed by atoms with Gasteiger partial charge in [0, 0.05) is 11.6 Å². The molecule has 0 unspecified atom stereocenters. The van der Waals surface area contributed by atoms with Crippen LogP contribution in [0.15, 0.2) is 22.7 Å². The van der Waals surface area contributed by atoms with E-state index in [1.165, 1.54) is 6.07 Å². The van der Waals surface area contributed by atoms with Gasteiger partial charge >= 0.3 is 5.97 Å². The molecule has 0 saturated heterocycles. The number of phenolic OH excluding ortho intramolecular Hbond substituents is 1. The summed E-state index contributed by atoms with van der Waals surface area (Å²) < 4.78 is 4.62. The molecule has 0 saturated carbocycles. The Balaban J connectivity index is 2.53. The van der Waals surface area contributed by atoms with E-state index >= 15 is 0 Å². The molecule has 2 rings (SSSR count). The average molecular weight is 254 g/mol. The third-order valence-corrected chi connectivity index (χ3v) is 2.70. The van der Waals surface area contributed by atoms with Crippen molar-refractivity contribution < 1.29 is 19.5 Å². The number of aromatic carboxylic acids is 1. The predicted molar refractivity (Wildman–Crippen MR) is 60.3 cm³/mol. The van der Waals surface area contributed by atoms with Gasteiger partial charge in [-0.3, -0.25) is 0 Å². The van der Waals surface area contributed by atoms with Crippen molar-refractivity contribution in [3.8, 4) is 17.0 Å². The number of hydrogen-bond donors (Lipinski definition) is 2. The number of carboxylic acids is 1. The molecular weight excluding hydrogens is 246 g/mol. The van der Waals surface area contributed by atoms with Crippen LogP contribution in [0.2, 0.25) is 5.02 Å². The normalized spacial score (nSPS) is 10.5. The van der Waals surface area contributed by atoms with Gasteiger partial charge in [0.15, 0.2) is 0 Å². The maximum atomic E-state index is 10.6. The van der Waals surface area contributed by atoms with E-state index in [0.717, 1.165) is 0 Å². The Hall–Kier alpha value is -2.01. The first-order chi connectivity index (χ1) is 8.00. The predicted octanol–water partition coefficient (Wildman–Crippen LogP) is 2.71. The van der Waals surface area contributed by atoms with E-state index < -0.39 is 5.97 Å². The van der Waals surface area contributed by atoms with Crippen molar-refractivity contribution in [2.45, 2.75) is 6.92 Å². The van der Waals surface area contributed by atoms with E-state index in [2.05, 4.69) is 9.68 Å². The number of halogens is 1. The van der Waals surface area contributed by atoms with Gasteiger partial charge in [-0.25, -0.2) is 4.79 Å². The van der Waals surface area contributed by atoms with Crippen molar-refractivity contribution in [3.63, 3.8) is 0 Å². The number of aromatic nitrogens is 1. The molecule has 0 aliphatic carbocycles. The zero-order valence-corrected chi connectivity index (χ0v) is 9.52. The molecule has 0 amide bonds. The lowest BCUT2D eigenvalue weighted by Gasteiger charge is -2.04. The standard InChI is InChI=1S/C11H8ClNO4/c1-5-2-3-6(9(12)10(5)14)7-4-8(11(15)16)17-13-7/h2-4,14H,1H3,(H,15,16). The van der Waals surface area contributed by atoms with Crippen molar-refractivity contribution in [3.05, 3.63) is 34.5 Å². The van der Waals surface area contributed by atoms with E-state index in [9.17, 15) is 9.90 Å². The number of phenols is 1. The van der Waals surface area contributed by atoms with Crippen LogP contribution in [0.5, 0.6) is 5.75 Å². The average Bonchev–Trinajstić information content (AvgIpc) is 2.75. The van der Waals surface area contributed by atoms with Crippen molar-refractivity contribution in [1.29, 1.82) is 0 Å². The molecule has 0 aliphatic heterocycles. The zero-order valence-electron chi connectivity index (χ0n) is 8.77. The van der Waals surface area contributed by atoms with E-state index in [-0.39, 0.29) is 22.2 Å². The highest BCUT2D eigenvalue weighted by Crippen LogP contribution is 2.36. The Bertz CT molecular complexity index is 591. The lowest BCUT2D eigenvalue weighted by atomic mass is 10.1. The van der Waals surface area contributed by atoms with Crippen LogP contribution in [-0.2, 0) is 0 Å². The number of benzene rings is 1. The van der Waals surface area contributed by atoms with Crippen molar-refractivity contribution in [1.82, 2.24) is 5.16 Å². The maximum absolute atomic E-state index is 10.6. The fourth-order valence-corrected chi connectivity index (χ4v) is 1.67. The number of carboxylic acid groups (broad SMARTS) is 1. The second-order valence-corrected chi connectivity index (χ2v) is 3.85. The molecule has 0 aliphatic rings. The van der Waals surface area contributed by atoms with Crippen LogP contribution < -0.4 is 0 Å². The van der Waals surface area contributed by atoms with Crippen LogP contribution >= 0.6 is 11.6 Å². The minimum atomic E-state index is -1.21. The molecule has 1 aromatic carbocycles. The Morgan fingerprint density at radius 3 is 2.76 bits per heavy atom. The van der Waals surface area contributed by atoms with Crippen LogP contribution in [0.1, 0.15) is 16.1 Å². The summed E-state index contributed by atoms with van der Waals surface area (Å²) in [6, 6.07) is 4.55. The van der Waals surface area contributed by atoms with Gasteiger partial charge in [-0.05, 0) is 12.5 Å². The maximum Gasteiger partial charge on any atom is 0.374 e. The molecule has 17 heavy (non-hydrogen) atoms. The van der Waals surface area contributed by atoms with E-state index in [4.69, 9.17) is 16.7 Å². The highest BCUT2D eigenvalue weighted by atomic mass is 35.5. The first kappa shape index (κ1) is 11.5. The number of nitrogens with zero attached hydrogens (tertiary/aromatic N) is 1. The number of hydrogen-bond acceptors (Lipinski definition) is 4. The molecule has 1 aromatic heterocycles. The van der Waals surface area contributed by atoms with Crippen LogP contribution in [-0.4, -0.2) is 21.3 Å². The summed E-state index contributed by atoms with van der Waals surface area (Å²) in [6.07, 6.45) is 0. The highest BCUT2D eigenvalue weighted by Gasteiger charge is 2.16. The number of aryl methyl sites for hydroxylation is 1. The Kier molecular flexibility index (Phi) is 2.77. The largest absolute Gasteiger partial charge is 0.506 e. The lowest BCUT2D eigenvalue weighted by molar-refractivity contribution is 0.0652. The summed E-state index contributed by atoms with van der Waals surface area (Å²) in [7, 11) is 0.